The van der Waals surface area contributed by atoms with E-state index in [0.29, 0.717) is 0 Å². The third-order valence-electron chi connectivity index (χ3n) is 3.31. The molecule has 1 saturated heterocycles. The Bertz CT molecular complexity index is 360. The van der Waals surface area contributed by atoms with Crippen LogP contribution in [0.4, 0.5) is 0 Å². The number of benzene rings is 1. The molecule has 0 bridgehead atoms. The predicted molar refractivity (Wildman–Crippen MR) is 72.4 cm³/mol. The van der Waals surface area contributed by atoms with E-state index in [0.717, 1.165) is 30.8 Å². The van der Waals surface area contributed by atoms with Gasteiger partial charge in [-0.15, -0.1) is 0 Å². The summed E-state index contributed by atoms with van der Waals surface area (Å²) < 4.78 is 12.6. The number of hydrogen-bond donors (Lipinski definition) is 0. The Morgan fingerprint density at radius 1 is 1.24 bits per heavy atom. The van der Waals surface area contributed by atoms with Crippen LogP contribution in [0.3, 0.4) is 0 Å². The minimum atomic E-state index is -0.885. The molecule has 94 valence electrons. The molecule has 0 saturated carbocycles. The predicted octanol–water partition coefficient (Wildman–Crippen LogP) is 3.02. The van der Waals surface area contributed by atoms with Crippen LogP contribution in [-0.2, 0) is 10.8 Å². The Balaban J connectivity index is 2.12. The fraction of sp³-hybridized carbons (Fsp3) is 0.571. The summed E-state index contributed by atoms with van der Waals surface area (Å²) in [5.74, 6) is 0. The summed E-state index contributed by atoms with van der Waals surface area (Å²) >= 11 is 0. The molecule has 17 heavy (non-hydrogen) atoms. The smallest absolute Gasteiger partial charge is 0.0907 e. The minimum absolute atomic E-state index is 0.213. The zero-order valence-corrected chi connectivity index (χ0v) is 11.3. The van der Waals surface area contributed by atoms with Crippen molar-refractivity contribution in [1.82, 2.24) is 4.90 Å². The maximum Gasteiger partial charge on any atom is 0.0907 e. The van der Waals surface area contributed by atoms with Gasteiger partial charge in [-0.3, -0.25) is 9.11 Å². The molecule has 0 aliphatic carbocycles. The van der Waals surface area contributed by atoms with Crippen LogP contribution in [-0.4, -0.2) is 27.6 Å². The zero-order chi connectivity index (χ0) is 12.1. The molecule has 1 heterocycles. The van der Waals surface area contributed by atoms with Gasteiger partial charge in [-0.1, -0.05) is 31.5 Å². The normalized spacial score (nSPS) is 20.3. The van der Waals surface area contributed by atoms with E-state index in [1.165, 1.54) is 12.8 Å². The van der Waals surface area contributed by atoms with Gasteiger partial charge >= 0.3 is 0 Å². The van der Waals surface area contributed by atoms with E-state index in [9.17, 15) is 4.21 Å². The van der Waals surface area contributed by atoms with Gasteiger partial charge in [0.25, 0.3) is 0 Å². The van der Waals surface area contributed by atoms with Crippen molar-refractivity contribution in [2.75, 3.05) is 13.1 Å². The van der Waals surface area contributed by atoms with Crippen molar-refractivity contribution in [3.8, 4) is 0 Å². The summed E-state index contributed by atoms with van der Waals surface area (Å²) in [5, 5.41) is 0.213. The summed E-state index contributed by atoms with van der Waals surface area (Å²) in [7, 11) is -0.885. The highest BCUT2D eigenvalue weighted by Crippen LogP contribution is 2.22. The molecule has 3 heteroatoms. The number of likely N-dealkylation sites (tertiary alicyclic amines) is 1. The van der Waals surface area contributed by atoms with Gasteiger partial charge in [-0.25, -0.2) is 0 Å². The molecule has 0 amide bonds. The van der Waals surface area contributed by atoms with Gasteiger partial charge < -0.3 is 0 Å². The van der Waals surface area contributed by atoms with E-state index < -0.39 is 10.8 Å². The van der Waals surface area contributed by atoms with Crippen LogP contribution in [0, 0.1) is 0 Å². The van der Waals surface area contributed by atoms with Crippen LogP contribution in [0.15, 0.2) is 35.2 Å². The molecule has 0 aromatic heterocycles. The Morgan fingerprint density at radius 2 is 1.88 bits per heavy atom. The monoisotopic (exact) mass is 251 g/mol. The summed E-state index contributed by atoms with van der Waals surface area (Å²) in [6.45, 7) is 4.40. The lowest BCUT2D eigenvalue weighted by Crippen LogP contribution is -2.36. The van der Waals surface area contributed by atoms with Crippen molar-refractivity contribution in [2.45, 2.75) is 42.9 Å². The maximum absolute atomic E-state index is 12.6. The van der Waals surface area contributed by atoms with Crippen molar-refractivity contribution >= 4 is 10.8 Å². The van der Waals surface area contributed by atoms with Gasteiger partial charge in [0.2, 0.25) is 0 Å². The molecule has 1 aromatic carbocycles. The van der Waals surface area contributed by atoms with E-state index in [2.05, 4.69) is 11.8 Å². The van der Waals surface area contributed by atoms with Gasteiger partial charge in [-0.2, -0.15) is 0 Å². The zero-order valence-electron chi connectivity index (χ0n) is 10.5. The summed E-state index contributed by atoms with van der Waals surface area (Å²) in [6, 6.07) is 9.88. The first-order valence-corrected chi connectivity index (χ1v) is 7.74. The van der Waals surface area contributed by atoms with Crippen molar-refractivity contribution in [2.24, 2.45) is 0 Å². The van der Waals surface area contributed by atoms with Gasteiger partial charge in [0, 0.05) is 4.90 Å². The molecule has 0 radical (unpaired) electrons. The summed E-state index contributed by atoms with van der Waals surface area (Å²) in [4.78, 5) is 3.38. The lowest BCUT2D eigenvalue weighted by Gasteiger charge is -2.26. The molecular formula is C14H21NOS. The van der Waals surface area contributed by atoms with Crippen LogP contribution >= 0.6 is 0 Å². The molecule has 1 aliphatic heterocycles. The first kappa shape index (κ1) is 12.8. The van der Waals surface area contributed by atoms with Crippen molar-refractivity contribution in [3.05, 3.63) is 30.3 Å². The SMILES string of the molecule is CCCC(N1CCCC1)S(=O)c1ccccc1. The molecule has 2 unspecified atom stereocenters. The molecule has 2 rings (SSSR count). The van der Waals surface area contributed by atoms with Crippen molar-refractivity contribution in [3.63, 3.8) is 0 Å². The number of rotatable bonds is 5. The Kier molecular flexibility index (Phi) is 4.75. The van der Waals surface area contributed by atoms with Crippen molar-refractivity contribution in [1.29, 1.82) is 0 Å². The van der Waals surface area contributed by atoms with Crippen LogP contribution in [0.2, 0.25) is 0 Å². The highest BCUT2D eigenvalue weighted by Gasteiger charge is 2.26. The minimum Gasteiger partial charge on any atom is -0.289 e. The first-order valence-electron chi connectivity index (χ1n) is 6.52. The molecule has 2 nitrogen and oxygen atoms in total. The van der Waals surface area contributed by atoms with Crippen LogP contribution in [0.5, 0.6) is 0 Å². The topological polar surface area (TPSA) is 20.3 Å². The molecule has 1 aromatic rings. The number of hydrogen-bond acceptors (Lipinski definition) is 2. The highest BCUT2D eigenvalue weighted by atomic mass is 32.2. The first-order chi connectivity index (χ1) is 8.33. The average molecular weight is 251 g/mol. The van der Waals surface area contributed by atoms with Crippen LogP contribution < -0.4 is 0 Å². The van der Waals surface area contributed by atoms with Gasteiger partial charge in [0.1, 0.15) is 0 Å². The van der Waals surface area contributed by atoms with Crippen molar-refractivity contribution < 1.29 is 4.21 Å². The molecule has 1 fully saturated rings. The van der Waals surface area contributed by atoms with Crippen LogP contribution in [0.25, 0.3) is 0 Å². The fourth-order valence-electron chi connectivity index (χ4n) is 2.41. The third-order valence-corrected chi connectivity index (χ3v) is 5.07. The van der Waals surface area contributed by atoms with E-state index in [1.54, 1.807) is 0 Å². The van der Waals surface area contributed by atoms with Gasteiger partial charge in [-0.05, 0) is 44.5 Å². The second-order valence-corrected chi connectivity index (χ2v) is 6.21. The third kappa shape index (κ3) is 3.17. The lowest BCUT2D eigenvalue weighted by molar-refractivity contribution is 0.298. The second kappa shape index (κ2) is 6.31. The molecule has 0 N–H and O–H groups in total. The second-order valence-electron chi connectivity index (χ2n) is 4.60. The largest absolute Gasteiger partial charge is 0.289 e. The Labute approximate surface area is 106 Å². The van der Waals surface area contributed by atoms with Gasteiger partial charge in [0.15, 0.2) is 0 Å². The molecular weight excluding hydrogens is 230 g/mol. The molecule has 2 atom stereocenters. The van der Waals surface area contributed by atoms with E-state index >= 15 is 0 Å². The number of nitrogens with zero attached hydrogens (tertiary/aromatic N) is 1. The maximum atomic E-state index is 12.6. The standard InChI is InChI=1S/C14H21NOS/c1-2-8-14(15-11-6-7-12-15)17(16)13-9-4-3-5-10-13/h3-5,9-10,14H,2,6-8,11-12H2,1H3. The van der Waals surface area contributed by atoms with E-state index in [-0.39, 0.29) is 5.37 Å². The van der Waals surface area contributed by atoms with E-state index in [1.807, 2.05) is 30.3 Å². The highest BCUT2D eigenvalue weighted by molar-refractivity contribution is 7.85. The fourth-order valence-corrected chi connectivity index (χ4v) is 4.08. The Hall–Kier alpha value is -0.670. The van der Waals surface area contributed by atoms with E-state index in [4.69, 9.17) is 0 Å². The summed E-state index contributed by atoms with van der Waals surface area (Å²) in [5.41, 5.74) is 0. The van der Waals surface area contributed by atoms with Gasteiger partial charge in [0.05, 0.1) is 16.2 Å². The average Bonchev–Trinajstić information content (AvgIpc) is 2.90. The molecule has 0 spiro atoms. The lowest BCUT2D eigenvalue weighted by atomic mass is 10.3. The quantitative estimate of drug-likeness (QED) is 0.802. The summed E-state index contributed by atoms with van der Waals surface area (Å²) in [6.07, 6.45) is 4.64. The molecule has 1 aliphatic rings. The van der Waals surface area contributed by atoms with Crippen LogP contribution in [0.1, 0.15) is 32.6 Å². The Morgan fingerprint density at radius 3 is 2.47 bits per heavy atom.